The summed E-state index contributed by atoms with van der Waals surface area (Å²) < 4.78 is 25.4. The number of rotatable bonds is 6. The average molecular weight is 357 g/mol. The van der Waals surface area contributed by atoms with E-state index in [2.05, 4.69) is 5.32 Å². The summed E-state index contributed by atoms with van der Waals surface area (Å²) in [5.74, 6) is 0.209. The van der Waals surface area contributed by atoms with E-state index >= 15 is 0 Å². The molecule has 138 valence electrons. The minimum absolute atomic E-state index is 0.201. The smallest absolute Gasteiger partial charge is 0.235 e. The van der Waals surface area contributed by atoms with Gasteiger partial charge in [0.15, 0.2) is 0 Å². The fraction of sp³-hybridized carbons (Fsp3) is 0.381. The van der Waals surface area contributed by atoms with Gasteiger partial charge in [0.25, 0.3) is 0 Å². The standard InChI is InChI=1S/C21H24FNO3/c1-2-13-26-17-9-7-16(8-10-17)23-20(24)21(11-14-25-15-12-21)18-5-3-4-6-19(18)22/h3-10H,2,11-15H2,1H3,(H,23,24). The van der Waals surface area contributed by atoms with Crippen molar-refractivity contribution < 1.29 is 18.7 Å². The molecule has 1 amide bonds. The molecule has 0 saturated carbocycles. The summed E-state index contributed by atoms with van der Waals surface area (Å²) in [5, 5.41) is 2.94. The monoisotopic (exact) mass is 357 g/mol. The molecule has 0 aromatic heterocycles. The van der Waals surface area contributed by atoms with Gasteiger partial charge >= 0.3 is 0 Å². The molecule has 2 aromatic carbocycles. The van der Waals surface area contributed by atoms with Crippen LogP contribution in [-0.4, -0.2) is 25.7 Å². The van der Waals surface area contributed by atoms with Crippen LogP contribution in [0.15, 0.2) is 48.5 Å². The Hall–Kier alpha value is -2.40. The molecular weight excluding hydrogens is 333 g/mol. The Bertz CT molecular complexity index is 739. The number of carbonyl (C=O) groups excluding carboxylic acids is 1. The van der Waals surface area contributed by atoms with Crippen molar-refractivity contribution in [3.63, 3.8) is 0 Å². The lowest BCUT2D eigenvalue weighted by molar-refractivity contribution is -0.125. The number of hydrogen-bond acceptors (Lipinski definition) is 3. The largest absolute Gasteiger partial charge is 0.494 e. The summed E-state index contributed by atoms with van der Waals surface area (Å²) >= 11 is 0. The zero-order chi connectivity index (χ0) is 18.4. The maximum Gasteiger partial charge on any atom is 0.235 e. The Morgan fingerprint density at radius 1 is 1.15 bits per heavy atom. The molecule has 1 fully saturated rings. The van der Waals surface area contributed by atoms with E-state index in [0.717, 1.165) is 12.2 Å². The molecule has 1 aliphatic heterocycles. The van der Waals surface area contributed by atoms with Gasteiger partial charge in [0.05, 0.1) is 12.0 Å². The first-order valence-corrected chi connectivity index (χ1v) is 9.03. The number of benzene rings is 2. The molecule has 4 nitrogen and oxygen atoms in total. The summed E-state index contributed by atoms with van der Waals surface area (Å²) in [5.41, 5.74) is 0.186. The molecule has 0 atom stereocenters. The highest BCUT2D eigenvalue weighted by Gasteiger charge is 2.43. The third-order valence-electron chi connectivity index (χ3n) is 4.76. The predicted molar refractivity (Wildman–Crippen MR) is 99.0 cm³/mol. The van der Waals surface area contributed by atoms with E-state index in [0.29, 0.717) is 43.9 Å². The lowest BCUT2D eigenvalue weighted by Gasteiger charge is -2.36. The van der Waals surface area contributed by atoms with Gasteiger partial charge in [0.2, 0.25) is 5.91 Å². The van der Waals surface area contributed by atoms with Crippen LogP contribution in [0.3, 0.4) is 0 Å². The van der Waals surface area contributed by atoms with Crippen LogP contribution in [0.1, 0.15) is 31.7 Å². The van der Waals surface area contributed by atoms with Crippen LogP contribution in [-0.2, 0) is 14.9 Å². The Kier molecular flexibility index (Phi) is 5.89. The summed E-state index contributed by atoms with van der Waals surface area (Å²) in [6.45, 7) is 3.57. The molecular formula is C21H24FNO3. The fourth-order valence-electron chi connectivity index (χ4n) is 3.29. The molecule has 0 radical (unpaired) electrons. The molecule has 0 spiro atoms. The minimum Gasteiger partial charge on any atom is -0.494 e. The van der Waals surface area contributed by atoms with Crippen LogP contribution in [0, 0.1) is 5.82 Å². The molecule has 5 heteroatoms. The normalized spacial score (nSPS) is 16.1. The van der Waals surface area contributed by atoms with Gasteiger partial charge in [-0.25, -0.2) is 4.39 Å². The lowest BCUT2D eigenvalue weighted by Crippen LogP contribution is -2.45. The number of ether oxygens (including phenoxy) is 2. The van der Waals surface area contributed by atoms with E-state index in [1.54, 1.807) is 30.3 Å². The van der Waals surface area contributed by atoms with Crippen molar-refractivity contribution in [1.29, 1.82) is 0 Å². The molecule has 1 heterocycles. The zero-order valence-corrected chi connectivity index (χ0v) is 15.0. The van der Waals surface area contributed by atoms with E-state index in [1.807, 2.05) is 19.1 Å². The maximum atomic E-state index is 14.5. The van der Waals surface area contributed by atoms with E-state index in [-0.39, 0.29) is 11.7 Å². The SMILES string of the molecule is CCCOc1ccc(NC(=O)C2(c3ccccc3F)CCOCC2)cc1. The van der Waals surface area contributed by atoms with Gasteiger partial charge in [-0.3, -0.25) is 4.79 Å². The van der Waals surface area contributed by atoms with Crippen LogP contribution < -0.4 is 10.1 Å². The molecule has 2 aromatic rings. The topological polar surface area (TPSA) is 47.6 Å². The van der Waals surface area contributed by atoms with Crippen molar-refractivity contribution in [1.82, 2.24) is 0 Å². The third-order valence-corrected chi connectivity index (χ3v) is 4.76. The predicted octanol–water partition coefficient (Wildman–Crippen LogP) is 4.30. The van der Waals surface area contributed by atoms with Crippen molar-refractivity contribution in [3.05, 3.63) is 59.9 Å². The van der Waals surface area contributed by atoms with Gasteiger partial charge in [0.1, 0.15) is 11.6 Å². The quantitative estimate of drug-likeness (QED) is 0.838. The van der Waals surface area contributed by atoms with Gasteiger partial charge in [-0.1, -0.05) is 25.1 Å². The number of halogens is 1. The van der Waals surface area contributed by atoms with Gasteiger partial charge in [-0.05, 0) is 49.6 Å². The number of anilines is 1. The summed E-state index contributed by atoms with van der Waals surface area (Å²) in [6.07, 6.45) is 1.85. The van der Waals surface area contributed by atoms with Gasteiger partial charge in [0, 0.05) is 24.5 Å². The second-order valence-electron chi connectivity index (χ2n) is 6.50. The van der Waals surface area contributed by atoms with Crippen molar-refractivity contribution in [2.45, 2.75) is 31.6 Å². The van der Waals surface area contributed by atoms with E-state index < -0.39 is 5.41 Å². The molecule has 0 unspecified atom stereocenters. The van der Waals surface area contributed by atoms with Crippen LogP contribution >= 0.6 is 0 Å². The first-order chi connectivity index (χ1) is 12.7. The molecule has 26 heavy (non-hydrogen) atoms. The summed E-state index contributed by atoms with van der Waals surface area (Å²) in [7, 11) is 0. The molecule has 0 aliphatic carbocycles. The average Bonchev–Trinajstić information content (AvgIpc) is 2.68. The molecule has 1 aliphatic rings. The number of amides is 1. The molecule has 0 bridgehead atoms. The van der Waals surface area contributed by atoms with Crippen molar-refractivity contribution in [2.75, 3.05) is 25.1 Å². The van der Waals surface area contributed by atoms with Crippen molar-refractivity contribution in [2.24, 2.45) is 0 Å². The highest BCUT2D eigenvalue weighted by atomic mass is 19.1. The van der Waals surface area contributed by atoms with Crippen LogP contribution in [0.4, 0.5) is 10.1 Å². The van der Waals surface area contributed by atoms with Crippen molar-refractivity contribution >= 4 is 11.6 Å². The second kappa shape index (κ2) is 8.32. The number of nitrogens with one attached hydrogen (secondary N) is 1. The Morgan fingerprint density at radius 2 is 1.85 bits per heavy atom. The first-order valence-electron chi connectivity index (χ1n) is 9.03. The Labute approximate surface area is 153 Å². The number of hydrogen-bond donors (Lipinski definition) is 1. The molecule has 1 N–H and O–H groups in total. The van der Waals surface area contributed by atoms with Gasteiger partial charge in [-0.15, -0.1) is 0 Å². The first kappa shape index (κ1) is 18.4. The third kappa shape index (κ3) is 3.88. The highest BCUT2D eigenvalue weighted by Crippen LogP contribution is 2.37. The lowest BCUT2D eigenvalue weighted by atomic mass is 9.73. The van der Waals surface area contributed by atoms with Gasteiger partial charge in [-0.2, -0.15) is 0 Å². The fourth-order valence-corrected chi connectivity index (χ4v) is 3.29. The van der Waals surface area contributed by atoms with E-state index in [1.165, 1.54) is 6.07 Å². The van der Waals surface area contributed by atoms with Crippen molar-refractivity contribution in [3.8, 4) is 5.75 Å². The highest BCUT2D eigenvalue weighted by molar-refractivity contribution is 5.99. The van der Waals surface area contributed by atoms with E-state index in [4.69, 9.17) is 9.47 Å². The molecule has 3 rings (SSSR count). The van der Waals surface area contributed by atoms with Crippen LogP contribution in [0.2, 0.25) is 0 Å². The Morgan fingerprint density at radius 3 is 2.50 bits per heavy atom. The van der Waals surface area contributed by atoms with E-state index in [9.17, 15) is 9.18 Å². The van der Waals surface area contributed by atoms with Crippen LogP contribution in [0.25, 0.3) is 0 Å². The maximum absolute atomic E-state index is 14.5. The Balaban J connectivity index is 1.81. The zero-order valence-electron chi connectivity index (χ0n) is 15.0. The molecule has 1 saturated heterocycles. The summed E-state index contributed by atoms with van der Waals surface area (Å²) in [6, 6.07) is 13.8. The second-order valence-corrected chi connectivity index (χ2v) is 6.50. The summed E-state index contributed by atoms with van der Waals surface area (Å²) in [4.78, 5) is 13.1. The van der Waals surface area contributed by atoms with Crippen LogP contribution in [0.5, 0.6) is 5.75 Å². The minimum atomic E-state index is -0.916. The van der Waals surface area contributed by atoms with Gasteiger partial charge < -0.3 is 14.8 Å². The number of carbonyl (C=O) groups is 1.